The SMILES string of the molecule is Cl.OC1(CCc2ccccc2F)CCNCC1. The van der Waals surface area contributed by atoms with Crippen LogP contribution in [0.15, 0.2) is 24.3 Å². The Balaban J connectivity index is 0.00000144. The van der Waals surface area contributed by atoms with Crippen LogP contribution in [0.2, 0.25) is 0 Å². The standard InChI is InChI=1S/C13H18FNO.ClH/c14-12-4-2-1-3-11(12)5-6-13(16)7-9-15-10-8-13;/h1-4,15-16H,5-10H2;1H. The Bertz CT molecular complexity index is 353. The number of halogens is 2. The summed E-state index contributed by atoms with van der Waals surface area (Å²) in [5.74, 6) is -0.167. The van der Waals surface area contributed by atoms with Crippen LogP contribution in [0.3, 0.4) is 0 Å². The molecule has 0 atom stereocenters. The highest BCUT2D eigenvalue weighted by Crippen LogP contribution is 2.24. The molecule has 1 aliphatic rings. The number of hydrogen-bond acceptors (Lipinski definition) is 2. The van der Waals surface area contributed by atoms with Crippen LogP contribution < -0.4 is 5.32 Å². The smallest absolute Gasteiger partial charge is 0.126 e. The monoisotopic (exact) mass is 259 g/mol. The van der Waals surface area contributed by atoms with E-state index in [4.69, 9.17) is 0 Å². The van der Waals surface area contributed by atoms with Crippen molar-refractivity contribution >= 4 is 12.4 Å². The van der Waals surface area contributed by atoms with Gasteiger partial charge in [-0.1, -0.05) is 18.2 Å². The van der Waals surface area contributed by atoms with Crippen molar-refractivity contribution in [1.29, 1.82) is 0 Å². The van der Waals surface area contributed by atoms with Crippen molar-refractivity contribution in [1.82, 2.24) is 5.32 Å². The summed E-state index contributed by atoms with van der Waals surface area (Å²) >= 11 is 0. The fourth-order valence-corrected chi connectivity index (χ4v) is 2.21. The predicted octanol–water partition coefficient (Wildman–Crippen LogP) is 2.29. The van der Waals surface area contributed by atoms with Crippen LogP contribution in [0, 0.1) is 5.82 Å². The number of benzene rings is 1. The van der Waals surface area contributed by atoms with Crippen molar-refractivity contribution in [2.75, 3.05) is 13.1 Å². The molecule has 0 radical (unpaired) electrons. The summed E-state index contributed by atoms with van der Waals surface area (Å²) in [6.45, 7) is 1.71. The summed E-state index contributed by atoms with van der Waals surface area (Å²) in [7, 11) is 0. The van der Waals surface area contributed by atoms with E-state index in [1.165, 1.54) is 6.07 Å². The summed E-state index contributed by atoms with van der Waals surface area (Å²) in [4.78, 5) is 0. The molecule has 1 aromatic rings. The van der Waals surface area contributed by atoms with Crippen LogP contribution in [0.25, 0.3) is 0 Å². The lowest BCUT2D eigenvalue weighted by Crippen LogP contribution is -2.42. The van der Waals surface area contributed by atoms with Crippen molar-refractivity contribution in [3.8, 4) is 0 Å². The maximum absolute atomic E-state index is 13.4. The second-order valence-electron chi connectivity index (χ2n) is 4.57. The zero-order valence-corrected chi connectivity index (χ0v) is 10.6. The van der Waals surface area contributed by atoms with E-state index in [9.17, 15) is 9.50 Å². The zero-order chi connectivity index (χ0) is 11.4. The van der Waals surface area contributed by atoms with Gasteiger partial charge in [-0.25, -0.2) is 4.39 Å². The molecule has 0 spiro atoms. The quantitative estimate of drug-likeness (QED) is 0.873. The van der Waals surface area contributed by atoms with E-state index in [0.717, 1.165) is 25.9 Å². The second-order valence-corrected chi connectivity index (χ2v) is 4.57. The summed E-state index contributed by atoms with van der Waals surface area (Å²) in [5.41, 5.74) is 0.0996. The van der Waals surface area contributed by atoms with Crippen LogP contribution in [0.1, 0.15) is 24.8 Å². The van der Waals surface area contributed by atoms with Gasteiger partial charge in [0.05, 0.1) is 5.60 Å². The first kappa shape index (κ1) is 14.4. The lowest BCUT2D eigenvalue weighted by atomic mass is 9.86. The topological polar surface area (TPSA) is 32.3 Å². The third-order valence-corrected chi connectivity index (χ3v) is 3.35. The molecule has 0 unspecified atom stereocenters. The molecule has 17 heavy (non-hydrogen) atoms. The molecular weight excluding hydrogens is 241 g/mol. The number of hydrogen-bond donors (Lipinski definition) is 2. The summed E-state index contributed by atoms with van der Waals surface area (Å²) < 4.78 is 13.4. The first-order valence-corrected chi connectivity index (χ1v) is 5.86. The Morgan fingerprint density at radius 1 is 1.24 bits per heavy atom. The van der Waals surface area contributed by atoms with Gasteiger partial charge in [0.2, 0.25) is 0 Å². The number of nitrogens with one attached hydrogen (secondary N) is 1. The van der Waals surface area contributed by atoms with Gasteiger partial charge >= 0.3 is 0 Å². The molecule has 0 bridgehead atoms. The highest BCUT2D eigenvalue weighted by atomic mass is 35.5. The molecule has 2 rings (SSSR count). The van der Waals surface area contributed by atoms with Crippen molar-refractivity contribution in [3.63, 3.8) is 0 Å². The highest BCUT2D eigenvalue weighted by molar-refractivity contribution is 5.85. The van der Waals surface area contributed by atoms with Crippen LogP contribution in [0.5, 0.6) is 0 Å². The number of piperidine rings is 1. The Hall–Kier alpha value is -0.640. The molecule has 0 aliphatic carbocycles. The first-order valence-electron chi connectivity index (χ1n) is 5.86. The summed E-state index contributed by atoms with van der Waals surface area (Å²) in [6.07, 6.45) is 2.79. The summed E-state index contributed by atoms with van der Waals surface area (Å²) in [6, 6.07) is 6.80. The van der Waals surface area contributed by atoms with Gasteiger partial charge in [0.15, 0.2) is 0 Å². The average molecular weight is 260 g/mol. The molecule has 1 heterocycles. The normalized spacial score (nSPS) is 18.5. The Labute approximate surface area is 108 Å². The van der Waals surface area contributed by atoms with E-state index in [1.807, 2.05) is 6.07 Å². The van der Waals surface area contributed by atoms with E-state index in [-0.39, 0.29) is 18.2 Å². The summed E-state index contributed by atoms with van der Waals surface area (Å²) in [5, 5.41) is 13.5. The molecule has 4 heteroatoms. The van der Waals surface area contributed by atoms with Gasteiger partial charge in [0.25, 0.3) is 0 Å². The fourth-order valence-electron chi connectivity index (χ4n) is 2.21. The molecule has 1 fully saturated rings. The van der Waals surface area contributed by atoms with E-state index >= 15 is 0 Å². The molecule has 0 saturated carbocycles. The van der Waals surface area contributed by atoms with Crippen LogP contribution >= 0.6 is 12.4 Å². The van der Waals surface area contributed by atoms with Crippen LogP contribution in [0.4, 0.5) is 4.39 Å². The van der Waals surface area contributed by atoms with Crippen molar-refractivity contribution in [3.05, 3.63) is 35.6 Å². The number of rotatable bonds is 3. The van der Waals surface area contributed by atoms with E-state index in [2.05, 4.69) is 5.32 Å². The van der Waals surface area contributed by atoms with Gasteiger partial charge in [-0.3, -0.25) is 0 Å². The number of aliphatic hydroxyl groups is 1. The van der Waals surface area contributed by atoms with Gasteiger partial charge in [-0.15, -0.1) is 12.4 Å². The highest BCUT2D eigenvalue weighted by Gasteiger charge is 2.28. The Kier molecular flexibility index (Phi) is 5.37. The molecule has 1 aromatic carbocycles. The molecule has 0 aromatic heterocycles. The fraction of sp³-hybridized carbons (Fsp3) is 0.538. The van der Waals surface area contributed by atoms with E-state index < -0.39 is 5.60 Å². The van der Waals surface area contributed by atoms with Gasteiger partial charge in [-0.05, 0) is 50.4 Å². The first-order chi connectivity index (χ1) is 7.70. The Morgan fingerprint density at radius 2 is 1.88 bits per heavy atom. The predicted molar refractivity (Wildman–Crippen MR) is 69.0 cm³/mol. The third kappa shape index (κ3) is 3.95. The van der Waals surface area contributed by atoms with Gasteiger partial charge in [0, 0.05) is 0 Å². The van der Waals surface area contributed by atoms with Crippen molar-refractivity contribution < 1.29 is 9.50 Å². The lowest BCUT2D eigenvalue weighted by Gasteiger charge is -2.32. The molecule has 1 saturated heterocycles. The van der Waals surface area contributed by atoms with Crippen molar-refractivity contribution in [2.45, 2.75) is 31.3 Å². The van der Waals surface area contributed by atoms with E-state index in [1.54, 1.807) is 12.1 Å². The van der Waals surface area contributed by atoms with Crippen LogP contribution in [-0.2, 0) is 6.42 Å². The van der Waals surface area contributed by atoms with Gasteiger partial charge in [-0.2, -0.15) is 0 Å². The minimum absolute atomic E-state index is 0. The zero-order valence-electron chi connectivity index (χ0n) is 9.79. The van der Waals surface area contributed by atoms with Gasteiger partial charge < -0.3 is 10.4 Å². The maximum atomic E-state index is 13.4. The number of aryl methyl sites for hydroxylation is 1. The molecule has 2 nitrogen and oxygen atoms in total. The molecule has 1 aliphatic heterocycles. The third-order valence-electron chi connectivity index (χ3n) is 3.35. The minimum Gasteiger partial charge on any atom is -0.390 e. The second kappa shape index (κ2) is 6.34. The largest absolute Gasteiger partial charge is 0.390 e. The maximum Gasteiger partial charge on any atom is 0.126 e. The molecule has 96 valence electrons. The van der Waals surface area contributed by atoms with Gasteiger partial charge in [0.1, 0.15) is 5.82 Å². The molecule has 2 N–H and O–H groups in total. The van der Waals surface area contributed by atoms with Crippen molar-refractivity contribution in [2.24, 2.45) is 0 Å². The lowest BCUT2D eigenvalue weighted by molar-refractivity contribution is 0.00267. The molecule has 0 amide bonds. The van der Waals surface area contributed by atoms with Crippen LogP contribution in [-0.4, -0.2) is 23.8 Å². The molecular formula is C13H19ClFNO. The Morgan fingerprint density at radius 3 is 2.53 bits per heavy atom. The van der Waals surface area contributed by atoms with E-state index in [0.29, 0.717) is 18.4 Å². The average Bonchev–Trinajstić information content (AvgIpc) is 2.29. The minimum atomic E-state index is -0.604.